The summed E-state index contributed by atoms with van der Waals surface area (Å²) in [4.78, 5) is 14.7. The lowest BCUT2D eigenvalue weighted by Gasteiger charge is -2.28. The molecule has 132 valence electrons. The number of carbonyl (C=O) groups is 1. The van der Waals surface area contributed by atoms with Crippen molar-refractivity contribution >= 4 is 12.0 Å². The second kappa shape index (κ2) is 7.60. The van der Waals surface area contributed by atoms with Crippen LogP contribution in [0.5, 0.6) is 5.75 Å². The molecular formula is C21H25NO3. The van der Waals surface area contributed by atoms with E-state index in [2.05, 4.69) is 6.92 Å². The number of hydrogen-bond acceptors (Lipinski definition) is 3. The molecule has 0 N–H and O–H groups in total. The van der Waals surface area contributed by atoms with E-state index in [9.17, 15) is 4.79 Å². The molecule has 0 bridgehead atoms. The number of rotatable bonds is 7. The van der Waals surface area contributed by atoms with Crippen molar-refractivity contribution in [3.05, 3.63) is 59.6 Å². The number of methoxy groups -OCH3 is 1. The Balaban J connectivity index is 1.73. The van der Waals surface area contributed by atoms with Gasteiger partial charge in [-0.25, -0.2) is 0 Å². The predicted molar refractivity (Wildman–Crippen MR) is 98.2 cm³/mol. The van der Waals surface area contributed by atoms with Gasteiger partial charge in [-0.15, -0.1) is 0 Å². The maximum absolute atomic E-state index is 12.8. The number of aryl methyl sites for hydroxylation is 1. The molecule has 1 heterocycles. The van der Waals surface area contributed by atoms with E-state index in [0.29, 0.717) is 18.2 Å². The highest BCUT2D eigenvalue weighted by Crippen LogP contribution is 2.36. The minimum atomic E-state index is 0.0178. The summed E-state index contributed by atoms with van der Waals surface area (Å²) in [6, 6.07) is 11.9. The summed E-state index contributed by atoms with van der Waals surface area (Å²) in [6.07, 6.45) is 5.76. The lowest BCUT2D eigenvalue weighted by molar-refractivity contribution is -0.129. The third kappa shape index (κ3) is 4.53. The molecule has 3 rings (SSSR count). The van der Waals surface area contributed by atoms with Crippen LogP contribution < -0.4 is 4.74 Å². The topological polar surface area (TPSA) is 42.7 Å². The van der Waals surface area contributed by atoms with Crippen LogP contribution in [0.2, 0.25) is 0 Å². The molecule has 0 aliphatic heterocycles. The molecule has 0 saturated heterocycles. The lowest BCUT2D eigenvalue weighted by atomic mass is 10.1. The average molecular weight is 339 g/mol. The molecule has 1 aliphatic carbocycles. The van der Waals surface area contributed by atoms with E-state index in [4.69, 9.17) is 9.15 Å². The van der Waals surface area contributed by atoms with Gasteiger partial charge in [-0.2, -0.15) is 0 Å². The van der Waals surface area contributed by atoms with Gasteiger partial charge < -0.3 is 14.1 Å². The zero-order chi connectivity index (χ0) is 17.8. The van der Waals surface area contributed by atoms with Gasteiger partial charge in [0.05, 0.1) is 7.11 Å². The Hall–Kier alpha value is -2.49. The summed E-state index contributed by atoms with van der Waals surface area (Å²) in [5.74, 6) is 3.00. The van der Waals surface area contributed by atoms with Crippen LogP contribution in [0.4, 0.5) is 0 Å². The van der Waals surface area contributed by atoms with Crippen molar-refractivity contribution < 1.29 is 13.9 Å². The third-order valence-corrected chi connectivity index (χ3v) is 4.74. The van der Waals surface area contributed by atoms with E-state index in [1.54, 1.807) is 19.3 Å². The molecular weight excluding hydrogens is 314 g/mol. The standard InChI is InChI=1S/C21H25NO3/c1-15-4-9-20(25-15)12-13-21(23)22(16(2)18-7-8-18)14-17-5-10-19(24-3)11-6-17/h4-6,9-13,16,18H,7-8,14H2,1-3H3. The highest BCUT2D eigenvalue weighted by molar-refractivity contribution is 5.91. The van der Waals surface area contributed by atoms with Gasteiger partial charge in [-0.05, 0) is 68.5 Å². The number of furan rings is 1. The van der Waals surface area contributed by atoms with E-state index >= 15 is 0 Å². The SMILES string of the molecule is COc1ccc(CN(C(=O)C=Cc2ccc(C)o2)C(C)C2CC2)cc1. The normalized spacial score (nSPS) is 15.3. The molecule has 1 atom stereocenters. The molecule has 1 aromatic carbocycles. The van der Waals surface area contributed by atoms with Gasteiger partial charge in [0.1, 0.15) is 17.3 Å². The van der Waals surface area contributed by atoms with Crippen LogP contribution in [0.1, 0.15) is 36.8 Å². The van der Waals surface area contributed by atoms with E-state index in [1.165, 1.54) is 12.8 Å². The summed E-state index contributed by atoms with van der Waals surface area (Å²) in [6.45, 7) is 4.64. The molecule has 1 saturated carbocycles. The number of carbonyl (C=O) groups excluding carboxylic acids is 1. The number of hydrogen-bond donors (Lipinski definition) is 0. The highest BCUT2D eigenvalue weighted by Gasteiger charge is 2.33. The van der Waals surface area contributed by atoms with Crippen LogP contribution in [0.3, 0.4) is 0 Å². The maximum atomic E-state index is 12.8. The van der Waals surface area contributed by atoms with E-state index < -0.39 is 0 Å². The largest absolute Gasteiger partial charge is 0.497 e. The summed E-state index contributed by atoms with van der Waals surface area (Å²) in [5.41, 5.74) is 1.10. The minimum Gasteiger partial charge on any atom is -0.497 e. The third-order valence-electron chi connectivity index (χ3n) is 4.74. The number of ether oxygens (including phenoxy) is 1. The van der Waals surface area contributed by atoms with Crippen molar-refractivity contribution in [2.75, 3.05) is 7.11 Å². The van der Waals surface area contributed by atoms with Crippen molar-refractivity contribution in [3.63, 3.8) is 0 Å². The quantitative estimate of drug-likeness (QED) is 0.701. The first-order valence-corrected chi connectivity index (χ1v) is 8.75. The van der Waals surface area contributed by atoms with Crippen molar-refractivity contribution in [2.45, 2.75) is 39.3 Å². The Labute approximate surface area is 149 Å². The molecule has 4 nitrogen and oxygen atoms in total. The number of nitrogens with zero attached hydrogens (tertiary/aromatic N) is 1. The monoisotopic (exact) mass is 339 g/mol. The Kier molecular flexibility index (Phi) is 5.27. The molecule has 1 aliphatic rings. The maximum Gasteiger partial charge on any atom is 0.247 e. The Bertz CT molecular complexity index is 741. The minimum absolute atomic E-state index is 0.0178. The van der Waals surface area contributed by atoms with Crippen molar-refractivity contribution in [1.29, 1.82) is 0 Å². The summed E-state index contributed by atoms with van der Waals surface area (Å²) in [7, 11) is 1.65. The molecule has 1 unspecified atom stereocenters. The molecule has 0 spiro atoms. The first kappa shape index (κ1) is 17.3. The van der Waals surface area contributed by atoms with Crippen LogP contribution in [0.15, 0.2) is 46.9 Å². The smallest absolute Gasteiger partial charge is 0.247 e. The van der Waals surface area contributed by atoms with Gasteiger partial charge in [0, 0.05) is 18.7 Å². The van der Waals surface area contributed by atoms with Crippen LogP contribution in [0, 0.1) is 12.8 Å². The highest BCUT2D eigenvalue weighted by atomic mass is 16.5. The second-order valence-corrected chi connectivity index (χ2v) is 6.67. The molecule has 25 heavy (non-hydrogen) atoms. The summed E-state index contributed by atoms with van der Waals surface area (Å²) in [5, 5.41) is 0. The van der Waals surface area contributed by atoms with Gasteiger partial charge >= 0.3 is 0 Å². The Morgan fingerprint density at radius 3 is 2.56 bits per heavy atom. The van der Waals surface area contributed by atoms with Crippen molar-refractivity contribution in [2.24, 2.45) is 5.92 Å². The van der Waals surface area contributed by atoms with Gasteiger partial charge in [-0.1, -0.05) is 12.1 Å². The first-order chi connectivity index (χ1) is 12.1. The Morgan fingerprint density at radius 2 is 2.00 bits per heavy atom. The van der Waals surface area contributed by atoms with Gasteiger partial charge in [0.2, 0.25) is 5.91 Å². The average Bonchev–Trinajstić information content (AvgIpc) is 3.39. The van der Waals surface area contributed by atoms with Gasteiger partial charge in [-0.3, -0.25) is 4.79 Å². The fourth-order valence-electron chi connectivity index (χ4n) is 2.98. The van der Waals surface area contributed by atoms with Crippen molar-refractivity contribution in [3.8, 4) is 5.75 Å². The molecule has 1 amide bonds. The zero-order valence-corrected chi connectivity index (χ0v) is 15.1. The van der Waals surface area contributed by atoms with Crippen molar-refractivity contribution in [1.82, 2.24) is 4.90 Å². The zero-order valence-electron chi connectivity index (χ0n) is 15.1. The van der Waals surface area contributed by atoms with E-state index in [0.717, 1.165) is 17.1 Å². The van der Waals surface area contributed by atoms with Crippen LogP contribution >= 0.6 is 0 Å². The van der Waals surface area contributed by atoms with E-state index in [-0.39, 0.29) is 11.9 Å². The fourth-order valence-corrected chi connectivity index (χ4v) is 2.98. The molecule has 2 aromatic rings. The second-order valence-electron chi connectivity index (χ2n) is 6.67. The summed E-state index contributed by atoms with van der Waals surface area (Å²) < 4.78 is 10.7. The van der Waals surface area contributed by atoms with E-state index in [1.807, 2.05) is 48.2 Å². The first-order valence-electron chi connectivity index (χ1n) is 8.75. The van der Waals surface area contributed by atoms with Gasteiger partial charge in [0.15, 0.2) is 0 Å². The lowest BCUT2D eigenvalue weighted by Crippen LogP contribution is -2.38. The molecule has 4 heteroatoms. The number of benzene rings is 1. The van der Waals surface area contributed by atoms with Crippen LogP contribution in [0.25, 0.3) is 6.08 Å². The number of amides is 1. The van der Waals surface area contributed by atoms with Gasteiger partial charge in [0.25, 0.3) is 0 Å². The van der Waals surface area contributed by atoms with Crippen LogP contribution in [-0.2, 0) is 11.3 Å². The summed E-state index contributed by atoms with van der Waals surface area (Å²) >= 11 is 0. The predicted octanol–water partition coefficient (Wildman–Crippen LogP) is 4.44. The van der Waals surface area contributed by atoms with Crippen LogP contribution in [-0.4, -0.2) is 24.0 Å². The molecule has 0 radical (unpaired) electrons. The molecule has 1 aromatic heterocycles. The molecule has 1 fully saturated rings. The fraction of sp³-hybridized carbons (Fsp3) is 0.381. The Morgan fingerprint density at radius 1 is 1.28 bits per heavy atom.